The normalized spacial score (nSPS) is 19.4. The third kappa shape index (κ3) is 7.53. The van der Waals surface area contributed by atoms with E-state index in [0.717, 1.165) is 16.7 Å². The molecule has 4 aromatic carbocycles. The number of likely N-dealkylation sites (N-methyl/N-ethyl adjacent to an activating group) is 1. The van der Waals surface area contributed by atoms with Gasteiger partial charge < -0.3 is 25.0 Å². The van der Waals surface area contributed by atoms with Gasteiger partial charge in [-0.3, -0.25) is 9.69 Å². The van der Waals surface area contributed by atoms with Crippen LogP contribution in [-0.2, 0) is 16.1 Å². The van der Waals surface area contributed by atoms with Crippen LogP contribution in [0, 0.1) is 29.1 Å². The first-order chi connectivity index (χ1) is 22.5. The Balaban J connectivity index is 1.34. The van der Waals surface area contributed by atoms with Gasteiger partial charge in [0.15, 0.2) is 29.6 Å². The lowest BCUT2D eigenvalue weighted by Crippen LogP contribution is -2.43. The van der Waals surface area contributed by atoms with E-state index < -0.39 is 59.1 Å². The molecule has 5 atom stereocenters. The van der Waals surface area contributed by atoms with Gasteiger partial charge in [-0.2, -0.15) is 0 Å². The fourth-order valence-corrected chi connectivity index (χ4v) is 5.41. The van der Waals surface area contributed by atoms with E-state index in [4.69, 9.17) is 9.47 Å². The average Bonchev–Trinajstić information content (AvgIpc) is 3.09. The van der Waals surface area contributed by atoms with Crippen molar-refractivity contribution in [3.8, 4) is 0 Å². The van der Waals surface area contributed by atoms with Gasteiger partial charge in [-0.15, -0.1) is 0 Å². The number of halogens is 5. The summed E-state index contributed by atoms with van der Waals surface area (Å²) >= 11 is 0. The highest BCUT2D eigenvalue weighted by Crippen LogP contribution is 2.39. The first kappa shape index (κ1) is 34.1. The number of carbonyl (C=O) groups is 1. The molecule has 248 valence electrons. The van der Waals surface area contributed by atoms with Crippen molar-refractivity contribution in [2.24, 2.45) is 0 Å². The number of hydrogen-bond donors (Lipinski definition) is 3. The number of amides is 1. The molecule has 0 bridgehead atoms. The van der Waals surface area contributed by atoms with E-state index in [1.165, 1.54) is 12.1 Å². The number of nitrogens with one attached hydrogen (secondary N) is 1. The molecule has 3 N–H and O–H groups in total. The minimum atomic E-state index is -2.36. The predicted molar refractivity (Wildman–Crippen MR) is 163 cm³/mol. The van der Waals surface area contributed by atoms with Crippen LogP contribution in [0.1, 0.15) is 64.5 Å². The summed E-state index contributed by atoms with van der Waals surface area (Å²) in [5.74, 6) is -12.8. The second kappa shape index (κ2) is 14.7. The van der Waals surface area contributed by atoms with Gasteiger partial charge in [0.2, 0.25) is 5.82 Å². The van der Waals surface area contributed by atoms with Crippen LogP contribution in [-0.4, -0.2) is 46.8 Å². The Bertz CT molecular complexity index is 1660. The largest absolute Gasteiger partial charge is 0.392 e. The molecule has 1 heterocycles. The van der Waals surface area contributed by atoms with Crippen molar-refractivity contribution in [1.82, 2.24) is 4.90 Å². The van der Waals surface area contributed by atoms with E-state index in [0.29, 0.717) is 18.5 Å². The molecule has 0 radical (unpaired) electrons. The van der Waals surface area contributed by atoms with Crippen molar-refractivity contribution in [1.29, 1.82) is 0 Å². The van der Waals surface area contributed by atoms with Crippen LogP contribution in [0.15, 0.2) is 78.9 Å². The fourth-order valence-electron chi connectivity index (χ4n) is 5.41. The Morgan fingerprint density at radius 2 is 1.43 bits per heavy atom. The molecular weight excluding hydrogens is 623 g/mol. The van der Waals surface area contributed by atoms with Gasteiger partial charge in [0.25, 0.3) is 5.91 Å². The van der Waals surface area contributed by atoms with Crippen LogP contribution in [0.5, 0.6) is 0 Å². The van der Waals surface area contributed by atoms with Gasteiger partial charge in [-0.25, -0.2) is 22.0 Å². The molecule has 12 heteroatoms. The zero-order valence-electron chi connectivity index (χ0n) is 25.5. The van der Waals surface area contributed by atoms with Gasteiger partial charge >= 0.3 is 0 Å². The molecule has 1 aliphatic rings. The number of nitrogens with zero attached hydrogens (tertiary/aromatic N) is 1. The average molecular weight is 657 g/mol. The van der Waals surface area contributed by atoms with E-state index in [-0.39, 0.29) is 24.4 Å². The zero-order valence-corrected chi connectivity index (χ0v) is 25.5. The summed E-state index contributed by atoms with van der Waals surface area (Å²) in [5, 5.41) is 22.6. The number of rotatable bonds is 10. The number of ether oxygens (including phenoxy) is 2. The number of aliphatic hydroxyl groups excluding tert-OH is 2. The van der Waals surface area contributed by atoms with Crippen molar-refractivity contribution >= 4 is 11.6 Å². The van der Waals surface area contributed by atoms with Crippen molar-refractivity contribution in [3.05, 3.63) is 136 Å². The minimum absolute atomic E-state index is 0.0228. The van der Waals surface area contributed by atoms with Crippen molar-refractivity contribution in [2.75, 3.05) is 18.9 Å². The molecule has 1 aliphatic heterocycles. The van der Waals surface area contributed by atoms with E-state index in [1.54, 1.807) is 24.3 Å². The third-order valence-corrected chi connectivity index (χ3v) is 8.28. The van der Waals surface area contributed by atoms with Crippen LogP contribution >= 0.6 is 0 Å². The summed E-state index contributed by atoms with van der Waals surface area (Å²) in [4.78, 5) is 14.5. The Morgan fingerprint density at radius 1 is 0.851 bits per heavy atom. The Labute approximate surface area is 268 Å². The van der Waals surface area contributed by atoms with E-state index in [9.17, 15) is 37.0 Å². The summed E-state index contributed by atoms with van der Waals surface area (Å²) in [5.41, 5.74) is 1.33. The van der Waals surface area contributed by atoms with Gasteiger partial charge in [-0.1, -0.05) is 66.7 Å². The molecule has 5 rings (SSSR count). The first-order valence-corrected chi connectivity index (χ1v) is 14.8. The summed E-state index contributed by atoms with van der Waals surface area (Å²) in [6.07, 6.45) is -1.93. The van der Waals surface area contributed by atoms with Crippen LogP contribution in [0.25, 0.3) is 0 Å². The van der Waals surface area contributed by atoms with Crippen LogP contribution < -0.4 is 5.32 Å². The zero-order chi connectivity index (χ0) is 33.8. The summed E-state index contributed by atoms with van der Waals surface area (Å²) in [6.45, 7) is 2.24. The monoisotopic (exact) mass is 656 g/mol. The second-order valence-electron chi connectivity index (χ2n) is 11.4. The third-order valence-electron chi connectivity index (χ3n) is 8.28. The molecule has 4 aromatic rings. The highest BCUT2D eigenvalue weighted by atomic mass is 19.2. The van der Waals surface area contributed by atoms with Gasteiger partial charge in [0.1, 0.15) is 5.56 Å². The maximum Gasteiger partial charge on any atom is 0.261 e. The van der Waals surface area contributed by atoms with Crippen LogP contribution in [0.2, 0.25) is 0 Å². The lowest BCUT2D eigenvalue weighted by molar-refractivity contribution is -0.253. The quantitative estimate of drug-likeness (QED) is 0.0998. The second-order valence-corrected chi connectivity index (χ2v) is 11.4. The molecule has 7 nitrogen and oxygen atoms in total. The summed E-state index contributed by atoms with van der Waals surface area (Å²) in [6, 6.07) is 22.2. The number of hydrogen-bond acceptors (Lipinski definition) is 6. The predicted octanol–water partition coefficient (Wildman–Crippen LogP) is 6.73. The molecule has 1 saturated heterocycles. The van der Waals surface area contributed by atoms with Gasteiger partial charge in [0.05, 0.1) is 24.9 Å². The van der Waals surface area contributed by atoms with Crippen LogP contribution in [0.4, 0.5) is 27.6 Å². The molecule has 1 fully saturated rings. The first-order valence-electron chi connectivity index (χ1n) is 14.8. The highest BCUT2D eigenvalue weighted by Gasteiger charge is 2.34. The highest BCUT2D eigenvalue weighted by molar-refractivity contribution is 6.04. The number of anilines is 1. The van der Waals surface area contributed by atoms with Crippen molar-refractivity contribution in [2.45, 2.75) is 50.6 Å². The van der Waals surface area contributed by atoms with Crippen LogP contribution in [0.3, 0.4) is 0 Å². The topological polar surface area (TPSA) is 91.3 Å². The van der Waals surface area contributed by atoms with E-state index >= 15 is 0 Å². The van der Waals surface area contributed by atoms with E-state index in [1.807, 2.05) is 61.3 Å². The number of benzene rings is 4. The fraction of sp³-hybridized carbons (Fsp3) is 0.286. The minimum Gasteiger partial charge on any atom is -0.392 e. The van der Waals surface area contributed by atoms with Gasteiger partial charge in [-0.05, 0) is 42.8 Å². The Hall–Kier alpha value is -4.20. The van der Waals surface area contributed by atoms with Crippen molar-refractivity contribution < 1.29 is 46.4 Å². The maximum atomic E-state index is 14.1. The molecule has 0 aromatic heterocycles. The number of carbonyl (C=O) groups excluding carboxylic acids is 1. The summed E-state index contributed by atoms with van der Waals surface area (Å²) < 4.78 is 81.6. The SMILES string of the molecule is CC(C(O)c1ccccc1)N(C)CC1CC(c2ccc(CO)cc2)OC(c2ccc(NC(=O)c3c(F)c(F)c(F)c(F)c3F)cc2)O1. The number of aliphatic hydroxyl groups is 2. The molecule has 0 spiro atoms. The lowest BCUT2D eigenvalue weighted by Gasteiger charge is -2.39. The molecule has 5 unspecified atom stereocenters. The molecule has 0 aliphatic carbocycles. The lowest BCUT2D eigenvalue weighted by atomic mass is 9.98. The van der Waals surface area contributed by atoms with Crippen molar-refractivity contribution in [3.63, 3.8) is 0 Å². The molecule has 1 amide bonds. The molecule has 47 heavy (non-hydrogen) atoms. The standard InChI is InChI=1S/C35H33F5N2O5/c1-19(33(44)22-6-4-3-5-7-22)42(2)17-25-16-26(21-10-8-20(18-43)9-11-21)47-35(46-25)23-12-14-24(15-13-23)41-34(45)27-28(36)30(38)32(40)31(39)29(27)37/h3-15,19,25-26,33,35,43-44H,16-18H2,1-2H3,(H,41,45). The van der Waals surface area contributed by atoms with Gasteiger partial charge in [0, 0.05) is 30.3 Å². The summed E-state index contributed by atoms with van der Waals surface area (Å²) in [7, 11) is 1.89. The van der Waals surface area contributed by atoms with E-state index in [2.05, 4.69) is 5.32 Å². The molecule has 0 saturated carbocycles. The molecular formula is C35H33F5N2O5. The Morgan fingerprint density at radius 3 is 2.02 bits per heavy atom. The smallest absolute Gasteiger partial charge is 0.261 e. The Kier molecular flexibility index (Phi) is 10.7. The maximum absolute atomic E-state index is 14.1.